The molecule has 0 saturated carbocycles. The Morgan fingerprint density at radius 1 is 0.840 bits per heavy atom. The number of rotatable bonds is 13. The number of benzene rings is 1. The van der Waals surface area contributed by atoms with E-state index in [-0.39, 0.29) is 41.7 Å². The minimum atomic E-state index is -4.16. The van der Waals surface area contributed by atoms with Gasteiger partial charge in [-0.3, -0.25) is 8.98 Å². The van der Waals surface area contributed by atoms with Gasteiger partial charge in [-0.1, -0.05) is 95.0 Å². The van der Waals surface area contributed by atoms with Crippen LogP contribution in [0.5, 0.6) is 0 Å². The van der Waals surface area contributed by atoms with E-state index < -0.39 is 15.2 Å². The molecule has 0 radical (unpaired) electrons. The van der Waals surface area contributed by atoms with Crippen molar-refractivity contribution in [2.75, 3.05) is 6.61 Å². The van der Waals surface area contributed by atoms with E-state index in [4.69, 9.17) is 4.18 Å². The van der Waals surface area contributed by atoms with Gasteiger partial charge in [0.1, 0.15) is 0 Å². The fourth-order valence-electron chi connectivity index (χ4n) is 2.53. The topological polar surface area (TPSA) is 60.4 Å². The van der Waals surface area contributed by atoms with E-state index in [0.717, 1.165) is 12.8 Å². The Morgan fingerprint density at radius 3 is 1.84 bits per heavy atom. The average molecular weight is 379 g/mol. The van der Waals surface area contributed by atoms with Crippen LogP contribution in [0, 0.1) is 0 Å². The number of carbonyl (C=O) groups is 1. The number of carbonyl (C=O) groups excluding carboxylic acids is 1. The van der Waals surface area contributed by atoms with Crippen LogP contribution in [-0.2, 0) is 14.3 Å². The van der Waals surface area contributed by atoms with Crippen molar-refractivity contribution in [1.82, 2.24) is 0 Å². The van der Waals surface area contributed by atoms with Crippen molar-refractivity contribution < 1.29 is 17.4 Å². The van der Waals surface area contributed by atoms with Crippen LogP contribution in [0.15, 0.2) is 30.3 Å². The van der Waals surface area contributed by atoms with Crippen molar-refractivity contribution in [2.45, 2.75) is 71.1 Å². The maximum atomic E-state index is 11.9. The molecule has 0 N–H and O–H groups in total. The summed E-state index contributed by atoms with van der Waals surface area (Å²) in [6.07, 6.45) is 11.6. The summed E-state index contributed by atoms with van der Waals surface area (Å²) in [6.45, 7) is 2.30. The molecule has 0 atom stereocenters. The van der Waals surface area contributed by atoms with E-state index in [1.165, 1.54) is 57.1 Å². The Kier molecular flexibility index (Phi) is 14.8. The molecule has 6 heteroatoms. The molecule has 1 aromatic rings. The Balaban J connectivity index is 0.00000576. The second-order valence-corrected chi connectivity index (χ2v) is 7.63. The van der Waals surface area contributed by atoms with Crippen molar-refractivity contribution in [3.05, 3.63) is 35.9 Å². The summed E-state index contributed by atoms with van der Waals surface area (Å²) in [5, 5.41) is -0.963. The van der Waals surface area contributed by atoms with E-state index >= 15 is 0 Å². The summed E-state index contributed by atoms with van der Waals surface area (Å²) in [6, 6.07) is 7.94. The first-order chi connectivity index (χ1) is 11.6. The van der Waals surface area contributed by atoms with E-state index in [2.05, 4.69) is 6.92 Å². The fourth-order valence-corrected chi connectivity index (χ4v) is 3.40. The molecule has 0 heterocycles. The SMILES string of the molecule is CCCCCCCCCCCCOS(=O)(=O)C(=O)c1ccccc1.[NaH]. The Bertz CT molecular complexity index is 558. The monoisotopic (exact) mass is 378 g/mol. The molecule has 0 fully saturated rings. The Labute approximate surface area is 175 Å². The second kappa shape index (κ2) is 14.9. The molecule has 0 aromatic heterocycles. The summed E-state index contributed by atoms with van der Waals surface area (Å²) in [5.41, 5.74) is 0.139. The first-order valence-corrected chi connectivity index (χ1v) is 10.5. The van der Waals surface area contributed by atoms with Crippen LogP contribution in [0.25, 0.3) is 0 Å². The van der Waals surface area contributed by atoms with Gasteiger partial charge in [-0.15, -0.1) is 0 Å². The first-order valence-electron chi connectivity index (χ1n) is 9.06. The van der Waals surface area contributed by atoms with Gasteiger partial charge < -0.3 is 0 Å². The van der Waals surface area contributed by atoms with E-state index in [1.807, 2.05) is 0 Å². The van der Waals surface area contributed by atoms with E-state index in [1.54, 1.807) is 18.2 Å². The number of unbranched alkanes of at least 4 members (excludes halogenated alkanes) is 9. The van der Waals surface area contributed by atoms with Crippen LogP contribution in [0.4, 0.5) is 0 Å². The van der Waals surface area contributed by atoms with E-state index in [0.29, 0.717) is 6.42 Å². The van der Waals surface area contributed by atoms with Crippen molar-refractivity contribution >= 4 is 44.8 Å². The molecule has 4 nitrogen and oxygen atoms in total. The predicted molar refractivity (Wildman–Crippen MR) is 105 cm³/mol. The molecule has 0 bridgehead atoms. The van der Waals surface area contributed by atoms with Gasteiger partial charge in [-0.25, -0.2) is 0 Å². The van der Waals surface area contributed by atoms with Gasteiger partial charge in [-0.2, -0.15) is 8.42 Å². The summed E-state index contributed by atoms with van der Waals surface area (Å²) in [5.74, 6) is 0. The molecule has 0 spiro atoms. The molecule has 25 heavy (non-hydrogen) atoms. The third kappa shape index (κ3) is 11.2. The molecule has 0 aliphatic heterocycles. The molecular weight excluding hydrogens is 347 g/mol. The molecular formula is C19H31NaO4S. The normalized spacial score (nSPS) is 11.1. The third-order valence-corrected chi connectivity index (χ3v) is 5.14. The van der Waals surface area contributed by atoms with Crippen LogP contribution in [0.2, 0.25) is 0 Å². The zero-order valence-electron chi connectivity index (χ0n) is 14.7. The van der Waals surface area contributed by atoms with Crippen LogP contribution in [-0.4, -0.2) is 49.7 Å². The van der Waals surface area contributed by atoms with Gasteiger partial charge in [0.25, 0.3) is 0 Å². The quantitative estimate of drug-likeness (QED) is 0.289. The van der Waals surface area contributed by atoms with Gasteiger partial charge in [0, 0.05) is 5.56 Å². The Morgan fingerprint density at radius 2 is 1.32 bits per heavy atom. The zero-order valence-corrected chi connectivity index (χ0v) is 15.5. The molecule has 0 amide bonds. The summed E-state index contributed by atoms with van der Waals surface area (Å²) >= 11 is 0. The molecule has 0 aliphatic carbocycles. The molecule has 0 aliphatic rings. The van der Waals surface area contributed by atoms with Crippen molar-refractivity contribution in [2.24, 2.45) is 0 Å². The summed E-state index contributed by atoms with van der Waals surface area (Å²) in [7, 11) is -4.16. The summed E-state index contributed by atoms with van der Waals surface area (Å²) in [4.78, 5) is 11.9. The molecule has 1 aromatic carbocycles. The van der Waals surface area contributed by atoms with Crippen molar-refractivity contribution in [3.63, 3.8) is 0 Å². The third-order valence-electron chi connectivity index (χ3n) is 3.97. The van der Waals surface area contributed by atoms with Crippen molar-refractivity contribution in [3.8, 4) is 0 Å². The molecule has 138 valence electrons. The van der Waals surface area contributed by atoms with Crippen molar-refractivity contribution in [1.29, 1.82) is 0 Å². The summed E-state index contributed by atoms with van der Waals surface area (Å²) < 4.78 is 28.5. The van der Waals surface area contributed by atoms with Gasteiger partial charge >= 0.3 is 44.8 Å². The first kappa shape index (κ1) is 24.8. The molecule has 0 unspecified atom stereocenters. The maximum absolute atomic E-state index is 11.9. The predicted octanol–water partition coefficient (Wildman–Crippen LogP) is 4.45. The van der Waals surface area contributed by atoms with Crippen LogP contribution in [0.3, 0.4) is 0 Å². The van der Waals surface area contributed by atoms with Crippen LogP contribution < -0.4 is 0 Å². The van der Waals surface area contributed by atoms with Gasteiger partial charge in [0.05, 0.1) is 6.61 Å². The second-order valence-electron chi connectivity index (χ2n) is 6.11. The number of hydrogen-bond acceptors (Lipinski definition) is 4. The minimum absolute atomic E-state index is 0. The van der Waals surface area contributed by atoms with Gasteiger partial charge in [-0.05, 0) is 6.42 Å². The zero-order chi connectivity index (χ0) is 17.7. The molecule has 1 rings (SSSR count). The molecule has 0 saturated heterocycles. The standard InChI is InChI=1S/C19H30O4S.Na.H/c1-2-3-4-5-6-7-8-9-10-14-17-23-24(21,22)19(20)18-15-12-11-13-16-18;;/h11-13,15-16H,2-10,14,17H2,1H3;;. The van der Waals surface area contributed by atoms with Crippen LogP contribution in [0.1, 0.15) is 81.5 Å². The fraction of sp³-hybridized carbons (Fsp3) is 0.632. The van der Waals surface area contributed by atoms with E-state index in [9.17, 15) is 13.2 Å². The van der Waals surface area contributed by atoms with Crippen LogP contribution >= 0.6 is 0 Å². The Hall–Kier alpha value is -0.200. The average Bonchev–Trinajstić information content (AvgIpc) is 2.59. The van der Waals surface area contributed by atoms with Gasteiger partial charge in [0.2, 0.25) is 0 Å². The van der Waals surface area contributed by atoms with Gasteiger partial charge in [0.15, 0.2) is 0 Å². The number of hydrogen-bond donors (Lipinski definition) is 0.